The minimum atomic E-state index is -0.896. The molecule has 0 aliphatic heterocycles. The van der Waals surface area contributed by atoms with Crippen LogP contribution in [0.3, 0.4) is 0 Å². The molecule has 0 unspecified atom stereocenters. The van der Waals surface area contributed by atoms with Crippen molar-refractivity contribution >= 4 is 17.8 Å². The van der Waals surface area contributed by atoms with Crippen molar-refractivity contribution in [2.24, 2.45) is 23.7 Å². The molecular weight excluding hydrogens is 339 g/mol. The van der Waals surface area contributed by atoms with Gasteiger partial charge >= 0.3 is 5.97 Å². The summed E-state index contributed by atoms with van der Waals surface area (Å²) in [4.78, 5) is 28.2. The van der Waals surface area contributed by atoms with Gasteiger partial charge in [0.1, 0.15) is 12.1 Å². The van der Waals surface area contributed by atoms with E-state index in [2.05, 4.69) is 15.4 Å². The van der Waals surface area contributed by atoms with Crippen LogP contribution in [0.1, 0.15) is 24.8 Å². The van der Waals surface area contributed by atoms with Crippen LogP contribution >= 0.6 is 0 Å². The Balaban J connectivity index is 1.43. The first-order valence-corrected chi connectivity index (χ1v) is 8.69. The summed E-state index contributed by atoms with van der Waals surface area (Å²) >= 11 is 0. The van der Waals surface area contributed by atoms with Crippen molar-refractivity contribution < 1.29 is 19.1 Å². The topological polar surface area (TPSA) is 97.1 Å². The zero-order chi connectivity index (χ0) is 18.3. The first-order valence-electron chi connectivity index (χ1n) is 8.69. The van der Waals surface area contributed by atoms with Gasteiger partial charge in [0.2, 0.25) is 11.9 Å². The van der Waals surface area contributed by atoms with Crippen molar-refractivity contribution in [3.8, 4) is 0 Å². The quantitative estimate of drug-likeness (QED) is 0.854. The number of carboxylic acid groups (broad SMARTS) is 1. The number of carboxylic acids is 1. The summed E-state index contributed by atoms with van der Waals surface area (Å²) in [5, 5.41) is 16.3. The molecule has 7 nitrogen and oxygen atoms in total. The number of benzene rings is 1. The van der Waals surface area contributed by atoms with E-state index in [4.69, 9.17) is 0 Å². The third kappa shape index (κ3) is 3.07. The van der Waals surface area contributed by atoms with Crippen molar-refractivity contribution in [2.75, 3.05) is 5.32 Å². The fourth-order valence-corrected chi connectivity index (χ4v) is 4.42. The number of halogens is 1. The maximum absolute atomic E-state index is 12.9. The van der Waals surface area contributed by atoms with E-state index in [1.807, 2.05) is 0 Å². The molecule has 0 saturated heterocycles. The number of carbonyl (C=O) groups excluding carboxylic acids is 1. The Hall–Kier alpha value is -2.77. The highest BCUT2D eigenvalue weighted by atomic mass is 19.1. The van der Waals surface area contributed by atoms with E-state index >= 15 is 0 Å². The number of hydrogen-bond acceptors (Lipinski definition) is 4. The molecule has 2 N–H and O–H groups in total. The molecule has 2 bridgehead atoms. The second-order valence-corrected chi connectivity index (χ2v) is 7.10. The van der Waals surface area contributed by atoms with Crippen LogP contribution in [0.25, 0.3) is 0 Å². The van der Waals surface area contributed by atoms with Gasteiger partial charge in [0.15, 0.2) is 0 Å². The number of nitrogens with one attached hydrogen (secondary N) is 1. The van der Waals surface area contributed by atoms with E-state index in [9.17, 15) is 19.1 Å². The van der Waals surface area contributed by atoms with Crippen LogP contribution in [0, 0.1) is 29.5 Å². The SMILES string of the molecule is O=C(O)[C@H]1[C@H]2CC[C@@H](C2)[C@@H]1C(=O)Nc1ncn(Cc2ccc(F)cc2)n1. The lowest BCUT2D eigenvalue weighted by atomic mass is 9.79. The molecule has 1 amide bonds. The van der Waals surface area contributed by atoms with Crippen molar-refractivity contribution in [3.05, 3.63) is 42.0 Å². The van der Waals surface area contributed by atoms with E-state index in [-0.39, 0.29) is 29.5 Å². The normalized spacial score (nSPS) is 26.8. The molecule has 2 aromatic rings. The second kappa shape index (κ2) is 6.51. The van der Waals surface area contributed by atoms with Crippen molar-refractivity contribution in [1.82, 2.24) is 14.8 Å². The molecule has 2 saturated carbocycles. The van der Waals surface area contributed by atoms with Crippen LogP contribution in [0.2, 0.25) is 0 Å². The largest absolute Gasteiger partial charge is 0.481 e. The van der Waals surface area contributed by atoms with E-state index in [0.29, 0.717) is 6.54 Å². The van der Waals surface area contributed by atoms with Crippen LogP contribution < -0.4 is 5.32 Å². The zero-order valence-corrected chi connectivity index (χ0v) is 14.0. The monoisotopic (exact) mass is 358 g/mol. The average molecular weight is 358 g/mol. The Labute approximate surface area is 149 Å². The fraction of sp³-hybridized carbons (Fsp3) is 0.444. The molecule has 4 rings (SSSR count). The molecule has 2 fully saturated rings. The Bertz CT molecular complexity index is 835. The van der Waals surface area contributed by atoms with E-state index < -0.39 is 17.8 Å². The fourth-order valence-electron chi connectivity index (χ4n) is 4.42. The first-order chi connectivity index (χ1) is 12.5. The summed E-state index contributed by atoms with van der Waals surface area (Å²) in [6, 6.07) is 6.05. The van der Waals surface area contributed by atoms with Crippen LogP contribution in [-0.2, 0) is 16.1 Å². The van der Waals surface area contributed by atoms with Gasteiger partial charge in [-0.3, -0.25) is 14.9 Å². The molecule has 26 heavy (non-hydrogen) atoms. The average Bonchev–Trinajstić information content (AvgIpc) is 3.32. The number of amides is 1. The predicted octanol–water partition coefficient (Wildman–Crippen LogP) is 2.15. The molecule has 8 heteroatoms. The number of anilines is 1. The number of rotatable bonds is 5. The Morgan fingerprint density at radius 2 is 1.88 bits per heavy atom. The summed E-state index contributed by atoms with van der Waals surface area (Å²) in [6.07, 6.45) is 4.07. The molecule has 1 heterocycles. The van der Waals surface area contributed by atoms with Gasteiger partial charge in [-0.1, -0.05) is 12.1 Å². The minimum Gasteiger partial charge on any atom is -0.481 e. The lowest BCUT2D eigenvalue weighted by molar-refractivity contribution is -0.148. The maximum atomic E-state index is 12.9. The summed E-state index contributed by atoms with van der Waals surface area (Å²) < 4.78 is 14.5. The van der Waals surface area contributed by atoms with Crippen LogP contribution in [-0.4, -0.2) is 31.7 Å². The van der Waals surface area contributed by atoms with Crippen LogP contribution in [0.15, 0.2) is 30.6 Å². The van der Waals surface area contributed by atoms with E-state index in [0.717, 1.165) is 24.8 Å². The Morgan fingerprint density at radius 3 is 2.58 bits per heavy atom. The highest BCUT2D eigenvalue weighted by Crippen LogP contribution is 2.52. The molecule has 136 valence electrons. The highest BCUT2D eigenvalue weighted by molar-refractivity contribution is 5.94. The van der Waals surface area contributed by atoms with Gasteiger partial charge in [0, 0.05) is 0 Å². The second-order valence-electron chi connectivity index (χ2n) is 7.10. The Morgan fingerprint density at radius 1 is 1.19 bits per heavy atom. The number of hydrogen-bond donors (Lipinski definition) is 2. The maximum Gasteiger partial charge on any atom is 0.307 e. The van der Waals surface area contributed by atoms with E-state index in [1.165, 1.54) is 18.5 Å². The standard InChI is InChI=1S/C18H19FN4O3/c19-13-5-1-10(2-6-13)8-23-9-20-18(22-23)21-16(24)14-11-3-4-12(7-11)15(14)17(25)26/h1-2,5-6,9,11-12,14-15H,3-4,7-8H2,(H,25,26)(H,21,22,24)/t11-,12-,14-,15-/m0/s1. The van der Waals surface area contributed by atoms with Gasteiger partial charge in [0.05, 0.1) is 18.4 Å². The minimum absolute atomic E-state index is 0.0947. The van der Waals surface area contributed by atoms with Gasteiger partial charge in [0.25, 0.3) is 0 Å². The smallest absolute Gasteiger partial charge is 0.307 e. The van der Waals surface area contributed by atoms with Crippen LogP contribution in [0.5, 0.6) is 0 Å². The van der Waals surface area contributed by atoms with Gasteiger partial charge in [-0.05, 0) is 48.8 Å². The predicted molar refractivity (Wildman–Crippen MR) is 89.6 cm³/mol. The number of aromatic nitrogens is 3. The first kappa shape index (κ1) is 16.7. The molecule has 1 aromatic heterocycles. The molecular formula is C18H19FN4O3. The molecule has 1 aromatic carbocycles. The van der Waals surface area contributed by atoms with Gasteiger partial charge in [-0.2, -0.15) is 0 Å². The lowest BCUT2D eigenvalue weighted by Gasteiger charge is -2.26. The summed E-state index contributed by atoms with van der Waals surface area (Å²) in [5.41, 5.74) is 0.855. The van der Waals surface area contributed by atoms with E-state index in [1.54, 1.807) is 16.8 Å². The highest BCUT2D eigenvalue weighted by Gasteiger charge is 2.54. The number of carbonyl (C=O) groups is 2. The Kier molecular flexibility index (Phi) is 4.18. The number of aliphatic carboxylic acids is 1. The van der Waals surface area contributed by atoms with Gasteiger partial charge < -0.3 is 5.11 Å². The molecule has 0 radical (unpaired) electrons. The molecule has 4 atom stereocenters. The molecule has 0 spiro atoms. The summed E-state index contributed by atoms with van der Waals surface area (Å²) in [5.74, 6) is -2.27. The van der Waals surface area contributed by atoms with Crippen molar-refractivity contribution in [1.29, 1.82) is 0 Å². The molecule has 2 aliphatic carbocycles. The zero-order valence-electron chi connectivity index (χ0n) is 14.0. The molecule has 2 aliphatic rings. The number of nitrogens with zero attached hydrogens (tertiary/aromatic N) is 3. The third-order valence-electron chi connectivity index (χ3n) is 5.53. The van der Waals surface area contributed by atoms with Crippen LogP contribution in [0.4, 0.5) is 10.3 Å². The third-order valence-corrected chi connectivity index (χ3v) is 5.53. The van der Waals surface area contributed by atoms with Crippen molar-refractivity contribution in [2.45, 2.75) is 25.8 Å². The van der Waals surface area contributed by atoms with Crippen molar-refractivity contribution in [3.63, 3.8) is 0 Å². The van der Waals surface area contributed by atoms with Gasteiger partial charge in [-0.15, -0.1) is 5.10 Å². The summed E-state index contributed by atoms with van der Waals surface area (Å²) in [6.45, 7) is 0.398. The summed E-state index contributed by atoms with van der Waals surface area (Å²) in [7, 11) is 0. The van der Waals surface area contributed by atoms with Gasteiger partial charge in [-0.25, -0.2) is 14.1 Å². The number of fused-ring (bicyclic) bond motifs is 2. The lowest BCUT2D eigenvalue weighted by Crippen LogP contribution is -2.38.